The highest BCUT2D eigenvalue weighted by Gasteiger charge is 2.19. The van der Waals surface area contributed by atoms with Gasteiger partial charge >= 0.3 is 11.6 Å². The predicted molar refractivity (Wildman–Crippen MR) is 110 cm³/mol. The number of esters is 1. The van der Waals surface area contributed by atoms with Crippen molar-refractivity contribution in [3.63, 3.8) is 0 Å². The van der Waals surface area contributed by atoms with E-state index in [9.17, 15) is 19.7 Å². The number of rotatable bonds is 7. The molecule has 0 aliphatic heterocycles. The topological polar surface area (TPSA) is 132 Å². The summed E-state index contributed by atoms with van der Waals surface area (Å²) in [6.45, 7) is 1.43. The predicted octanol–water partition coefficient (Wildman–Crippen LogP) is 3.42. The number of non-ortho nitro benzene ring substituents is 1. The van der Waals surface area contributed by atoms with Crippen LogP contribution in [0.4, 0.5) is 11.4 Å². The first-order valence-electron chi connectivity index (χ1n) is 8.83. The SMILES string of the molecule is Cc1cc2oc(=O)cc(COC(=O)c3cc([N+](=O)[O-])ccc3NCCO)c2cc1Cl. The fourth-order valence-corrected chi connectivity index (χ4v) is 3.01. The van der Waals surface area contributed by atoms with E-state index in [0.29, 0.717) is 21.6 Å². The van der Waals surface area contributed by atoms with Gasteiger partial charge in [-0.05, 0) is 30.7 Å². The van der Waals surface area contributed by atoms with Crippen LogP contribution in [0.1, 0.15) is 21.5 Å². The van der Waals surface area contributed by atoms with E-state index in [1.54, 1.807) is 19.1 Å². The van der Waals surface area contributed by atoms with Crippen LogP contribution in [0.25, 0.3) is 11.0 Å². The number of hydrogen-bond acceptors (Lipinski definition) is 8. The van der Waals surface area contributed by atoms with E-state index in [2.05, 4.69) is 5.32 Å². The van der Waals surface area contributed by atoms with Crippen LogP contribution in [0.3, 0.4) is 0 Å². The van der Waals surface area contributed by atoms with Crippen LogP contribution >= 0.6 is 11.6 Å². The van der Waals surface area contributed by atoms with Gasteiger partial charge in [0.25, 0.3) is 5.69 Å². The molecule has 0 radical (unpaired) electrons. The number of aliphatic hydroxyl groups excluding tert-OH is 1. The molecule has 10 heteroatoms. The van der Waals surface area contributed by atoms with Crippen molar-refractivity contribution in [3.8, 4) is 0 Å². The third-order valence-electron chi connectivity index (χ3n) is 4.33. The lowest BCUT2D eigenvalue weighted by molar-refractivity contribution is -0.384. The summed E-state index contributed by atoms with van der Waals surface area (Å²) in [5.41, 5.74) is 0.704. The summed E-state index contributed by atoms with van der Waals surface area (Å²) in [7, 11) is 0. The smallest absolute Gasteiger partial charge is 0.340 e. The Balaban J connectivity index is 1.92. The van der Waals surface area contributed by atoms with Crippen LogP contribution in [0.5, 0.6) is 0 Å². The minimum absolute atomic E-state index is 0.0706. The second kappa shape index (κ2) is 8.93. The van der Waals surface area contributed by atoms with Crippen molar-refractivity contribution in [2.45, 2.75) is 13.5 Å². The summed E-state index contributed by atoms with van der Waals surface area (Å²) in [5.74, 6) is -0.835. The molecule has 0 spiro atoms. The van der Waals surface area contributed by atoms with Gasteiger partial charge in [-0.15, -0.1) is 0 Å². The average Bonchev–Trinajstić information content (AvgIpc) is 2.71. The summed E-state index contributed by atoms with van der Waals surface area (Å²) in [5, 5.41) is 23.8. The van der Waals surface area contributed by atoms with E-state index < -0.39 is 16.5 Å². The number of aryl methyl sites for hydroxylation is 1. The summed E-state index contributed by atoms with van der Waals surface area (Å²) in [6.07, 6.45) is 0. The monoisotopic (exact) mass is 432 g/mol. The Morgan fingerprint density at radius 1 is 1.30 bits per heavy atom. The molecule has 0 aliphatic rings. The molecule has 156 valence electrons. The van der Waals surface area contributed by atoms with Crippen LogP contribution in [-0.4, -0.2) is 29.2 Å². The highest BCUT2D eigenvalue weighted by Crippen LogP contribution is 2.27. The maximum atomic E-state index is 12.6. The summed E-state index contributed by atoms with van der Waals surface area (Å²) >= 11 is 6.15. The van der Waals surface area contributed by atoms with Gasteiger partial charge in [0.15, 0.2) is 0 Å². The van der Waals surface area contributed by atoms with Crippen LogP contribution in [-0.2, 0) is 11.3 Å². The van der Waals surface area contributed by atoms with Crippen molar-refractivity contribution < 1.29 is 24.0 Å². The Labute approximate surface area is 175 Å². The molecule has 0 bridgehead atoms. The number of carbonyl (C=O) groups is 1. The molecule has 30 heavy (non-hydrogen) atoms. The maximum Gasteiger partial charge on any atom is 0.340 e. The molecule has 1 aromatic heterocycles. The van der Waals surface area contributed by atoms with Crippen molar-refractivity contribution in [1.82, 2.24) is 0 Å². The number of nitrogens with zero attached hydrogens (tertiary/aromatic N) is 1. The number of hydrogen-bond donors (Lipinski definition) is 2. The number of nitro groups is 1. The maximum absolute atomic E-state index is 12.6. The fourth-order valence-electron chi connectivity index (χ4n) is 2.85. The number of carbonyl (C=O) groups excluding carboxylic acids is 1. The van der Waals surface area contributed by atoms with Gasteiger partial charge in [-0.2, -0.15) is 0 Å². The molecule has 9 nitrogen and oxygen atoms in total. The molecule has 2 aromatic carbocycles. The van der Waals surface area contributed by atoms with Gasteiger partial charge in [-0.25, -0.2) is 9.59 Å². The molecule has 1 heterocycles. The van der Waals surface area contributed by atoms with Gasteiger partial charge in [-0.1, -0.05) is 11.6 Å². The molecule has 2 N–H and O–H groups in total. The number of anilines is 1. The van der Waals surface area contributed by atoms with Crippen molar-refractivity contribution in [3.05, 3.63) is 78.6 Å². The number of nitro benzene ring substituents is 1. The summed E-state index contributed by atoms with van der Waals surface area (Å²) in [4.78, 5) is 34.9. The standard InChI is InChI=1S/C20H17ClN2O7/c1-11-6-18-14(9-16(11)21)12(7-19(25)30-18)10-29-20(26)15-8-13(23(27)28)2-3-17(15)22-4-5-24/h2-3,6-9,22,24H,4-5,10H2,1H3. The largest absolute Gasteiger partial charge is 0.457 e. The van der Waals surface area contributed by atoms with Crippen molar-refractivity contribution >= 4 is 39.9 Å². The van der Waals surface area contributed by atoms with E-state index >= 15 is 0 Å². The Kier molecular flexibility index (Phi) is 6.34. The lowest BCUT2D eigenvalue weighted by Crippen LogP contribution is -2.13. The van der Waals surface area contributed by atoms with E-state index in [1.165, 1.54) is 18.2 Å². The van der Waals surface area contributed by atoms with E-state index in [-0.39, 0.29) is 36.7 Å². The molecule has 3 aromatic rings. The first-order chi connectivity index (χ1) is 14.3. The lowest BCUT2D eigenvalue weighted by atomic mass is 10.1. The first kappa shape index (κ1) is 21.3. The van der Waals surface area contributed by atoms with Gasteiger partial charge in [0.1, 0.15) is 12.2 Å². The molecule has 0 atom stereocenters. The fraction of sp³-hybridized carbons (Fsp3) is 0.200. The normalized spacial score (nSPS) is 10.8. The number of fused-ring (bicyclic) bond motifs is 1. The molecule has 0 aliphatic carbocycles. The van der Waals surface area contributed by atoms with Gasteiger partial charge in [0.2, 0.25) is 0 Å². The second-order valence-electron chi connectivity index (χ2n) is 6.40. The summed E-state index contributed by atoms with van der Waals surface area (Å²) in [6, 6.07) is 8.09. The number of ether oxygens (including phenoxy) is 1. The van der Waals surface area contributed by atoms with E-state index in [4.69, 9.17) is 25.9 Å². The molecule has 3 rings (SSSR count). The van der Waals surface area contributed by atoms with Crippen LogP contribution in [0.2, 0.25) is 5.02 Å². The third kappa shape index (κ3) is 4.58. The number of benzene rings is 2. The van der Waals surface area contributed by atoms with E-state index in [0.717, 1.165) is 11.6 Å². The van der Waals surface area contributed by atoms with Crippen molar-refractivity contribution in [1.29, 1.82) is 0 Å². The zero-order chi connectivity index (χ0) is 21.8. The Morgan fingerprint density at radius 3 is 2.77 bits per heavy atom. The first-order valence-corrected chi connectivity index (χ1v) is 9.21. The van der Waals surface area contributed by atoms with Crippen LogP contribution in [0, 0.1) is 17.0 Å². The van der Waals surface area contributed by atoms with Crippen LogP contribution < -0.4 is 10.9 Å². The molecule has 0 unspecified atom stereocenters. The molecular weight excluding hydrogens is 416 g/mol. The number of aliphatic hydroxyl groups is 1. The number of nitrogens with one attached hydrogen (secondary N) is 1. The van der Waals surface area contributed by atoms with Gasteiger partial charge in [0.05, 0.1) is 17.1 Å². The van der Waals surface area contributed by atoms with E-state index in [1.807, 2.05) is 0 Å². The Hall–Kier alpha value is -3.43. The zero-order valence-corrected chi connectivity index (χ0v) is 16.6. The summed E-state index contributed by atoms with van der Waals surface area (Å²) < 4.78 is 10.5. The van der Waals surface area contributed by atoms with Gasteiger partial charge < -0.3 is 19.6 Å². The number of halogens is 1. The quantitative estimate of drug-likeness (QED) is 0.251. The second-order valence-corrected chi connectivity index (χ2v) is 6.81. The average molecular weight is 433 g/mol. The zero-order valence-electron chi connectivity index (χ0n) is 15.8. The minimum Gasteiger partial charge on any atom is -0.457 e. The molecule has 0 fully saturated rings. The molecule has 0 amide bonds. The minimum atomic E-state index is -0.835. The highest BCUT2D eigenvalue weighted by atomic mass is 35.5. The molecule has 0 saturated carbocycles. The molecule has 0 saturated heterocycles. The van der Waals surface area contributed by atoms with Gasteiger partial charge in [-0.3, -0.25) is 10.1 Å². The lowest BCUT2D eigenvalue weighted by Gasteiger charge is -2.12. The van der Waals surface area contributed by atoms with Crippen molar-refractivity contribution in [2.24, 2.45) is 0 Å². The van der Waals surface area contributed by atoms with Gasteiger partial charge in [0, 0.05) is 46.4 Å². The van der Waals surface area contributed by atoms with Crippen LogP contribution in [0.15, 0.2) is 45.6 Å². The molecular formula is C20H17ClN2O7. The Morgan fingerprint density at radius 2 is 2.07 bits per heavy atom. The Bertz CT molecular complexity index is 1190. The third-order valence-corrected chi connectivity index (χ3v) is 4.74. The highest BCUT2D eigenvalue weighted by molar-refractivity contribution is 6.32. The van der Waals surface area contributed by atoms with Crippen molar-refractivity contribution in [2.75, 3.05) is 18.5 Å².